The van der Waals surface area contributed by atoms with Crippen LogP contribution in [0.1, 0.15) is 0 Å². The molecule has 2 aromatic rings. The van der Waals surface area contributed by atoms with Gasteiger partial charge in [-0.15, -0.1) is 0 Å². The molecule has 2 aromatic carbocycles. The summed E-state index contributed by atoms with van der Waals surface area (Å²) >= 11 is 0. The second kappa shape index (κ2) is 7.17. The first-order chi connectivity index (χ1) is 12.0. The highest BCUT2D eigenvalue weighted by atomic mass is 32.2. The predicted molar refractivity (Wildman–Crippen MR) is 95.4 cm³/mol. The van der Waals surface area contributed by atoms with Gasteiger partial charge in [-0.25, -0.2) is 16.8 Å². The first-order valence-electron chi connectivity index (χ1n) is 6.95. The number of benzene rings is 2. The lowest BCUT2D eigenvalue weighted by atomic mass is 10.2. The second-order valence-electron chi connectivity index (χ2n) is 5.12. The summed E-state index contributed by atoms with van der Waals surface area (Å²) in [5.41, 5.74) is -0.412. The minimum absolute atomic E-state index is 0.0408. The number of hydrogen-bond donors (Lipinski definition) is 2. The van der Waals surface area contributed by atoms with E-state index in [4.69, 9.17) is 4.74 Å². The Hall–Kier alpha value is -2.86. The normalized spacial score (nSPS) is 11.6. The van der Waals surface area contributed by atoms with Crippen LogP contribution in [0.15, 0.2) is 47.4 Å². The van der Waals surface area contributed by atoms with Crippen LogP contribution in [0.2, 0.25) is 0 Å². The minimum Gasteiger partial charge on any atom is -0.494 e. The van der Waals surface area contributed by atoms with E-state index >= 15 is 0 Å². The van der Waals surface area contributed by atoms with Crippen molar-refractivity contribution in [1.82, 2.24) is 0 Å². The van der Waals surface area contributed by atoms with Crippen LogP contribution in [0, 0.1) is 10.1 Å². The van der Waals surface area contributed by atoms with Gasteiger partial charge in [-0.2, -0.15) is 0 Å². The number of nitrogens with zero attached hydrogens (tertiary/aromatic N) is 1. The van der Waals surface area contributed by atoms with Crippen LogP contribution in [0.5, 0.6) is 5.75 Å². The molecule has 0 bridgehead atoms. The van der Waals surface area contributed by atoms with Crippen molar-refractivity contribution in [3.8, 4) is 5.75 Å². The lowest BCUT2D eigenvalue weighted by Crippen LogP contribution is -2.15. The number of methoxy groups -OCH3 is 1. The fourth-order valence-corrected chi connectivity index (χ4v) is 3.88. The van der Waals surface area contributed by atoms with Crippen molar-refractivity contribution in [1.29, 1.82) is 0 Å². The Balaban J connectivity index is 2.40. The van der Waals surface area contributed by atoms with E-state index < -0.39 is 35.6 Å². The highest BCUT2D eigenvalue weighted by molar-refractivity contribution is 7.93. The fraction of sp³-hybridized carbons (Fsp3) is 0.143. The monoisotopic (exact) mass is 401 g/mol. The second-order valence-corrected chi connectivity index (χ2v) is 8.52. The maximum Gasteiger partial charge on any atom is 0.289 e. The first kappa shape index (κ1) is 19.5. The summed E-state index contributed by atoms with van der Waals surface area (Å²) in [5, 5.41) is 11.0. The molecule has 0 heterocycles. The summed E-state index contributed by atoms with van der Waals surface area (Å²) in [6.07, 6.45) is 0.956. The third-order valence-electron chi connectivity index (χ3n) is 3.10. The standard InChI is InChI=1S/C14H15N3O7S2/c1-24-13-9-10(7-8-11(13)16-25(2,20)21)15-26(22,23)14-6-4-3-5-12(14)17(18)19/h3-9,15-16H,1-2H3. The Labute approximate surface area is 150 Å². The van der Waals surface area contributed by atoms with Crippen LogP contribution < -0.4 is 14.2 Å². The molecule has 2 rings (SSSR count). The topological polar surface area (TPSA) is 145 Å². The van der Waals surface area contributed by atoms with E-state index in [1.54, 1.807) is 0 Å². The highest BCUT2D eigenvalue weighted by Gasteiger charge is 2.25. The summed E-state index contributed by atoms with van der Waals surface area (Å²) in [7, 11) is -6.53. The maximum absolute atomic E-state index is 12.5. The van der Waals surface area contributed by atoms with E-state index in [1.807, 2.05) is 0 Å². The van der Waals surface area contributed by atoms with E-state index in [0.29, 0.717) is 0 Å². The quantitative estimate of drug-likeness (QED) is 0.531. The smallest absolute Gasteiger partial charge is 0.289 e. The molecule has 2 N–H and O–H groups in total. The Morgan fingerprint density at radius 2 is 1.69 bits per heavy atom. The van der Waals surface area contributed by atoms with Gasteiger partial charge in [0.1, 0.15) is 5.75 Å². The molecule has 0 amide bonds. The van der Waals surface area contributed by atoms with Gasteiger partial charge in [0.05, 0.1) is 29.7 Å². The number of nitro benzene ring substituents is 1. The van der Waals surface area contributed by atoms with Crippen molar-refractivity contribution in [2.45, 2.75) is 4.90 Å². The van der Waals surface area contributed by atoms with Crippen LogP contribution >= 0.6 is 0 Å². The summed E-state index contributed by atoms with van der Waals surface area (Å²) < 4.78 is 57.1. The van der Waals surface area contributed by atoms with Crippen molar-refractivity contribution < 1.29 is 26.5 Å². The molecule has 0 fully saturated rings. The number of ether oxygens (including phenoxy) is 1. The molecule has 0 saturated carbocycles. The van der Waals surface area contributed by atoms with Crippen LogP contribution in [0.25, 0.3) is 0 Å². The highest BCUT2D eigenvalue weighted by Crippen LogP contribution is 2.31. The number of anilines is 2. The average Bonchev–Trinajstić information content (AvgIpc) is 2.54. The van der Waals surface area contributed by atoms with Crippen LogP contribution in [-0.4, -0.2) is 35.1 Å². The molecule has 26 heavy (non-hydrogen) atoms. The number of nitrogens with one attached hydrogen (secondary N) is 2. The van der Waals surface area contributed by atoms with Gasteiger partial charge < -0.3 is 4.74 Å². The van der Waals surface area contributed by atoms with Crippen LogP contribution in [0.3, 0.4) is 0 Å². The van der Waals surface area contributed by atoms with E-state index in [0.717, 1.165) is 18.4 Å². The van der Waals surface area contributed by atoms with Crippen molar-refractivity contribution in [2.24, 2.45) is 0 Å². The molecule has 0 aromatic heterocycles. The van der Waals surface area contributed by atoms with Gasteiger partial charge in [-0.3, -0.25) is 19.6 Å². The number of sulfonamides is 2. The molecule has 0 saturated heterocycles. The molecule has 10 nitrogen and oxygen atoms in total. The molecule has 0 atom stereocenters. The number of nitro groups is 1. The number of rotatable bonds is 7. The molecular weight excluding hydrogens is 386 g/mol. The SMILES string of the molecule is COc1cc(NS(=O)(=O)c2ccccc2[N+](=O)[O-])ccc1NS(C)(=O)=O. The molecule has 0 unspecified atom stereocenters. The predicted octanol–water partition coefficient (Wildman–Crippen LogP) is 1.78. The third-order valence-corrected chi connectivity index (χ3v) is 5.12. The molecule has 140 valence electrons. The van der Waals surface area contributed by atoms with Gasteiger partial charge in [0.15, 0.2) is 4.90 Å². The summed E-state index contributed by atoms with van der Waals surface area (Å²) in [4.78, 5) is 9.73. The maximum atomic E-state index is 12.5. The zero-order chi connectivity index (χ0) is 19.5. The van der Waals surface area contributed by atoms with Gasteiger partial charge >= 0.3 is 0 Å². The number of hydrogen-bond acceptors (Lipinski definition) is 7. The van der Waals surface area contributed by atoms with Gasteiger partial charge in [0.2, 0.25) is 10.0 Å². The molecule has 0 aliphatic heterocycles. The fourth-order valence-electron chi connectivity index (χ4n) is 2.08. The molecule has 0 radical (unpaired) electrons. The lowest BCUT2D eigenvalue weighted by Gasteiger charge is -2.13. The Bertz CT molecular complexity index is 1050. The van der Waals surface area contributed by atoms with Gasteiger partial charge in [0.25, 0.3) is 15.7 Å². The van der Waals surface area contributed by atoms with Crippen molar-refractivity contribution in [3.05, 3.63) is 52.6 Å². The first-order valence-corrected chi connectivity index (χ1v) is 10.3. The van der Waals surface area contributed by atoms with E-state index in [9.17, 15) is 26.9 Å². The Kier molecular flexibility index (Phi) is 5.37. The zero-order valence-electron chi connectivity index (χ0n) is 13.7. The minimum atomic E-state index is -4.25. The Morgan fingerprint density at radius 3 is 2.27 bits per heavy atom. The van der Waals surface area contributed by atoms with E-state index in [2.05, 4.69) is 9.44 Å². The summed E-state index contributed by atoms with van der Waals surface area (Å²) in [6, 6.07) is 8.75. The molecular formula is C14H15N3O7S2. The van der Waals surface area contributed by atoms with Crippen molar-refractivity contribution in [3.63, 3.8) is 0 Å². The number of para-hydroxylation sites is 1. The molecule has 0 aliphatic carbocycles. The average molecular weight is 401 g/mol. The largest absolute Gasteiger partial charge is 0.494 e. The zero-order valence-corrected chi connectivity index (χ0v) is 15.3. The van der Waals surface area contributed by atoms with Gasteiger partial charge in [0, 0.05) is 12.1 Å². The van der Waals surface area contributed by atoms with Crippen molar-refractivity contribution in [2.75, 3.05) is 22.8 Å². The van der Waals surface area contributed by atoms with Crippen molar-refractivity contribution >= 4 is 37.1 Å². The van der Waals surface area contributed by atoms with Crippen LogP contribution in [0.4, 0.5) is 17.1 Å². The Morgan fingerprint density at radius 1 is 1.04 bits per heavy atom. The summed E-state index contributed by atoms with van der Waals surface area (Å²) in [5.74, 6) is 0.0678. The molecule has 12 heteroatoms. The lowest BCUT2D eigenvalue weighted by molar-refractivity contribution is -0.387. The molecule has 0 spiro atoms. The summed E-state index contributed by atoms with van der Waals surface area (Å²) in [6.45, 7) is 0. The van der Waals surface area contributed by atoms with E-state index in [1.165, 1.54) is 37.4 Å². The van der Waals surface area contributed by atoms with Crippen LogP contribution in [-0.2, 0) is 20.0 Å². The van der Waals surface area contributed by atoms with Gasteiger partial charge in [-0.1, -0.05) is 12.1 Å². The third kappa shape index (κ3) is 4.61. The van der Waals surface area contributed by atoms with Gasteiger partial charge in [-0.05, 0) is 18.2 Å². The molecule has 0 aliphatic rings. The van der Waals surface area contributed by atoms with E-state index in [-0.39, 0.29) is 17.1 Å².